The first-order valence-electron chi connectivity index (χ1n) is 5.25. The van der Waals surface area contributed by atoms with Crippen LogP contribution in [0.4, 0.5) is 0 Å². The molecule has 15 heavy (non-hydrogen) atoms. The van der Waals surface area contributed by atoms with Crippen LogP contribution < -0.4 is 5.73 Å². The van der Waals surface area contributed by atoms with E-state index in [1.54, 1.807) is 0 Å². The van der Waals surface area contributed by atoms with Crippen LogP contribution in [0.5, 0.6) is 0 Å². The van der Waals surface area contributed by atoms with Gasteiger partial charge in [0.05, 0.1) is 18.1 Å². The van der Waals surface area contributed by atoms with Crippen LogP contribution in [-0.2, 0) is 14.6 Å². The van der Waals surface area contributed by atoms with Crippen molar-refractivity contribution in [1.82, 2.24) is 4.90 Å². The van der Waals surface area contributed by atoms with Crippen molar-refractivity contribution in [2.24, 2.45) is 5.73 Å². The lowest BCUT2D eigenvalue weighted by molar-refractivity contribution is 0.134. The van der Waals surface area contributed by atoms with Gasteiger partial charge in [0.1, 0.15) is 0 Å². The van der Waals surface area contributed by atoms with Gasteiger partial charge in [0.15, 0.2) is 9.84 Å². The molecule has 0 bridgehead atoms. The van der Waals surface area contributed by atoms with Gasteiger partial charge >= 0.3 is 0 Å². The second-order valence-electron chi connectivity index (χ2n) is 4.49. The maximum Gasteiger partial charge on any atom is 0.153 e. The standard InChI is InChI=1S/C9H18N2O3S/c1-11(7-2-3-14-4-7)9-6-15(12,13)5-8(9)10/h7-9H,2-6,10H2,1H3. The van der Waals surface area contributed by atoms with Crippen LogP contribution in [-0.4, -0.2) is 63.2 Å². The SMILES string of the molecule is CN(C1CCOC1)C1CS(=O)(=O)CC1N. The highest BCUT2D eigenvalue weighted by molar-refractivity contribution is 7.91. The van der Waals surface area contributed by atoms with E-state index in [-0.39, 0.29) is 23.6 Å². The maximum atomic E-state index is 11.4. The summed E-state index contributed by atoms with van der Waals surface area (Å²) in [6.07, 6.45) is 0.972. The number of nitrogens with two attached hydrogens (primary N) is 1. The summed E-state index contributed by atoms with van der Waals surface area (Å²) in [5, 5.41) is 0. The number of nitrogens with zero attached hydrogens (tertiary/aromatic N) is 1. The highest BCUT2D eigenvalue weighted by Crippen LogP contribution is 2.21. The van der Waals surface area contributed by atoms with E-state index in [0.29, 0.717) is 12.6 Å². The Hall–Kier alpha value is -0.170. The Kier molecular flexibility index (Phi) is 3.03. The summed E-state index contributed by atoms with van der Waals surface area (Å²) in [5.41, 5.74) is 5.86. The average molecular weight is 234 g/mol. The van der Waals surface area contributed by atoms with Gasteiger partial charge in [-0.3, -0.25) is 4.90 Å². The number of ether oxygens (including phenoxy) is 1. The molecule has 2 saturated heterocycles. The van der Waals surface area contributed by atoms with Gasteiger partial charge < -0.3 is 10.5 Å². The molecule has 0 aromatic carbocycles. The third-order valence-corrected chi connectivity index (χ3v) is 5.11. The van der Waals surface area contributed by atoms with E-state index in [0.717, 1.165) is 13.0 Å². The molecular formula is C9H18N2O3S. The number of hydrogen-bond acceptors (Lipinski definition) is 5. The van der Waals surface area contributed by atoms with Crippen molar-refractivity contribution in [3.63, 3.8) is 0 Å². The van der Waals surface area contributed by atoms with Crippen LogP contribution in [0, 0.1) is 0 Å². The van der Waals surface area contributed by atoms with Crippen molar-refractivity contribution in [3.8, 4) is 0 Å². The van der Waals surface area contributed by atoms with Gasteiger partial charge in [0, 0.05) is 24.7 Å². The Bertz CT molecular complexity index is 324. The number of sulfone groups is 1. The smallest absolute Gasteiger partial charge is 0.153 e. The van der Waals surface area contributed by atoms with Gasteiger partial charge in [-0.05, 0) is 13.5 Å². The molecule has 5 nitrogen and oxygen atoms in total. The molecule has 88 valence electrons. The van der Waals surface area contributed by atoms with Crippen molar-refractivity contribution in [2.75, 3.05) is 31.8 Å². The molecule has 0 spiro atoms. The summed E-state index contributed by atoms with van der Waals surface area (Å²) < 4.78 is 28.2. The molecule has 0 aromatic rings. The van der Waals surface area contributed by atoms with E-state index in [9.17, 15) is 8.42 Å². The van der Waals surface area contributed by atoms with Gasteiger partial charge in [0.2, 0.25) is 0 Å². The fraction of sp³-hybridized carbons (Fsp3) is 1.00. The fourth-order valence-corrected chi connectivity index (χ4v) is 4.34. The Labute approximate surface area is 90.5 Å². The molecular weight excluding hydrogens is 216 g/mol. The van der Waals surface area contributed by atoms with Gasteiger partial charge in [-0.2, -0.15) is 0 Å². The van der Waals surface area contributed by atoms with Crippen LogP contribution in [0.2, 0.25) is 0 Å². The summed E-state index contributed by atoms with van der Waals surface area (Å²) in [7, 11) is -0.978. The average Bonchev–Trinajstić information content (AvgIpc) is 2.71. The van der Waals surface area contributed by atoms with E-state index in [1.165, 1.54) is 0 Å². The Balaban J connectivity index is 2.04. The summed E-state index contributed by atoms with van der Waals surface area (Å²) in [6, 6.07) is 0.0386. The van der Waals surface area contributed by atoms with E-state index >= 15 is 0 Å². The van der Waals surface area contributed by atoms with Gasteiger partial charge in [0.25, 0.3) is 0 Å². The Morgan fingerprint density at radius 2 is 2.13 bits per heavy atom. The predicted molar refractivity (Wildman–Crippen MR) is 57.4 cm³/mol. The van der Waals surface area contributed by atoms with Crippen molar-refractivity contribution in [1.29, 1.82) is 0 Å². The molecule has 2 N–H and O–H groups in total. The zero-order chi connectivity index (χ0) is 11.1. The number of likely N-dealkylation sites (N-methyl/N-ethyl adjacent to an activating group) is 1. The zero-order valence-corrected chi connectivity index (χ0v) is 9.74. The molecule has 3 atom stereocenters. The Morgan fingerprint density at radius 1 is 1.40 bits per heavy atom. The van der Waals surface area contributed by atoms with E-state index in [1.807, 2.05) is 7.05 Å². The molecule has 0 saturated carbocycles. The van der Waals surface area contributed by atoms with E-state index in [2.05, 4.69) is 4.90 Å². The van der Waals surface area contributed by atoms with Crippen molar-refractivity contribution in [3.05, 3.63) is 0 Å². The minimum atomic E-state index is -2.93. The van der Waals surface area contributed by atoms with Crippen LogP contribution >= 0.6 is 0 Å². The van der Waals surface area contributed by atoms with Crippen molar-refractivity contribution < 1.29 is 13.2 Å². The maximum absolute atomic E-state index is 11.4. The lowest BCUT2D eigenvalue weighted by atomic mass is 10.1. The second kappa shape index (κ2) is 4.01. The molecule has 0 amide bonds. The zero-order valence-electron chi connectivity index (χ0n) is 8.93. The minimum Gasteiger partial charge on any atom is -0.380 e. The number of hydrogen-bond donors (Lipinski definition) is 1. The molecule has 3 unspecified atom stereocenters. The molecule has 2 fully saturated rings. The third kappa shape index (κ3) is 2.33. The largest absolute Gasteiger partial charge is 0.380 e. The van der Waals surface area contributed by atoms with E-state index in [4.69, 9.17) is 10.5 Å². The van der Waals surface area contributed by atoms with Gasteiger partial charge in [-0.15, -0.1) is 0 Å². The molecule has 0 aromatic heterocycles. The topological polar surface area (TPSA) is 72.6 Å². The molecule has 2 rings (SSSR count). The quantitative estimate of drug-likeness (QED) is 0.652. The summed E-state index contributed by atoms with van der Waals surface area (Å²) in [6.45, 7) is 1.46. The summed E-state index contributed by atoms with van der Waals surface area (Å²) in [4.78, 5) is 2.09. The Morgan fingerprint density at radius 3 is 2.60 bits per heavy atom. The lowest BCUT2D eigenvalue weighted by Crippen LogP contribution is -2.49. The van der Waals surface area contributed by atoms with Crippen LogP contribution in [0.25, 0.3) is 0 Å². The second-order valence-corrected chi connectivity index (χ2v) is 6.64. The molecule has 0 aliphatic carbocycles. The van der Waals surface area contributed by atoms with Crippen LogP contribution in [0.15, 0.2) is 0 Å². The first-order valence-corrected chi connectivity index (χ1v) is 7.07. The molecule has 2 heterocycles. The van der Waals surface area contributed by atoms with E-state index < -0.39 is 9.84 Å². The van der Waals surface area contributed by atoms with Crippen molar-refractivity contribution in [2.45, 2.75) is 24.5 Å². The molecule has 2 aliphatic rings. The molecule has 0 radical (unpaired) electrons. The first-order chi connectivity index (χ1) is 6.99. The van der Waals surface area contributed by atoms with Gasteiger partial charge in [-0.25, -0.2) is 8.42 Å². The monoisotopic (exact) mass is 234 g/mol. The highest BCUT2D eigenvalue weighted by atomic mass is 32.2. The van der Waals surface area contributed by atoms with Crippen molar-refractivity contribution >= 4 is 9.84 Å². The lowest BCUT2D eigenvalue weighted by Gasteiger charge is -2.30. The summed E-state index contributed by atoms with van der Waals surface area (Å²) in [5.74, 6) is 0.316. The summed E-state index contributed by atoms with van der Waals surface area (Å²) >= 11 is 0. The van der Waals surface area contributed by atoms with Crippen LogP contribution in [0.1, 0.15) is 6.42 Å². The van der Waals surface area contributed by atoms with Crippen LogP contribution in [0.3, 0.4) is 0 Å². The molecule has 6 heteroatoms. The fourth-order valence-electron chi connectivity index (χ4n) is 2.39. The normalized spacial score (nSPS) is 40.1. The number of rotatable bonds is 2. The molecule has 2 aliphatic heterocycles. The predicted octanol–water partition coefficient (Wildman–Crippen LogP) is -1.17. The third-order valence-electron chi connectivity index (χ3n) is 3.37. The first kappa shape index (κ1) is 11.3. The minimum absolute atomic E-state index is 0.0401. The van der Waals surface area contributed by atoms with Gasteiger partial charge in [-0.1, -0.05) is 0 Å². The highest BCUT2D eigenvalue weighted by Gasteiger charge is 2.40.